The second kappa shape index (κ2) is 6.20. The summed E-state index contributed by atoms with van der Waals surface area (Å²) in [5.74, 6) is 0.470. The van der Waals surface area contributed by atoms with E-state index in [1.807, 2.05) is 61.7 Å². The molecule has 4 rings (SSSR count). The Balaban J connectivity index is 1.67. The monoisotopic (exact) mass is 327 g/mol. The van der Waals surface area contributed by atoms with Crippen LogP contribution in [0.2, 0.25) is 0 Å². The van der Waals surface area contributed by atoms with Crippen molar-refractivity contribution in [2.24, 2.45) is 10.7 Å². The molecular weight excluding hydrogens is 310 g/mol. The normalized spacial score (nSPS) is 11.8. The molecule has 3 heterocycles. The lowest BCUT2D eigenvalue weighted by Crippen LogP contribution is -2.13. The van der Waals surface area contributed by atoms with Crippen molar-refractivity contribution in [2.75, 3.05) is 0 Å². The highest BCUT2D eigenvalue weighted by atomic mass is 15.0. The number of pyridine rings is 2. The van der Waals surface area contributed by atoms with Crippen molar-refractivity contribution in [1.82, 2.24) is 14.5 Å². The number of fused-ring (bicyclic) bond motifs is 1. The molecule has 0 amide bonds. The number of aliphatic imine (C=N–C) groups is 1. The summed E-state index contributed by atoms with van der Waals surface area (Å²) in [7, 11) is 0. The number of aromatic nitrogens is 3. The molecule has 0 aliphatic heterocycles. The van der Waals surface area contributed by atoms with Crippen LogP contribution in [-0.2, 0) is 0 Å². The van der Waals surface area contributed by atoms with Crippen LogP contribution in [0.15, 0.2) is 78.2 Å². The second-order valence-corrected chi connectivity index (χ2v) is 5.75. The van der Waals surface area contributed by atoms with Crippen LogP contribution in [0.5, 0.6) is 0 Å². The quantitative estimate of drug-likeness (QED) is 0.460. The van der Waals surface area contributed by atoms with Crippen molar-refractivity contribution < 1.29 is 0 Å². The van der Waals surface area contributed by atoms with E-state index in [0.29, 0.717) is 5.84 Å². The molecule has 0 aliphatic rings. The summed E-state index contributed by atoms with van der Waals surface area (Å²) in [6, 6.07) is 17.8. The lowest BCUT2D eigenvalue weighted by atomic mass is 10.2. The van der Waals surface area contributed by atoms with Crippen LogP contribution in [0.3, 0.4) is 0 Å². The van der Waals surface area contributed by atoms with E-state index in [1.165, 1.54) is 0 Å². The van der Waals surface area contributed by atoms with Crippen molar-refractivity contribution in [3.63, 3.8) is 0 Å². The minimum Gasteiger partial charge on any atom is -0.383 e. The first-order chi connectivity index (χ1) is 12.2. The van der Waals surface area contributed by atoms with Gasteiger partial charge in [-0.2, -0.15) is 0 Å². The Morgan fingerprint density at radius 3 is 2.52 bits per heavy atom. The van der Waals surface area contributed by atoms with Gasteiger partial charge in [0.25, 0.3) is 0 Å². The minimum absolute atomic E-state index is 0.470. The number of aryl methyl sites for hydroxylation is 1. The fraction of sp³-hybridized carbons (Fsp3) is 0.0500. The molecule has 0 radical (unpaired) electrons. The van der Waals surface area contributed by atoms with Gasteiger partial charge in [0.2, 0.25) is 0 Å². The molecule has 25 heavy (non-hydrogen) atoms. The Morgan fingerprint density at radius 1 is 0.960 bits per heavy atom. The number of hydrogen-bond acceptors (Lipinski definition) is 3. The Labute approximate surface area is 145 Å². The molecule has 0 saturated heterocycles. The van der Waals surface area contributed by atoms with Crippen LogP contribution < -0.4 is 5.73 Å². The lowest BCUT2D eigenvalue weighted by molar-refractivity contribution is 1.09. The van der Waals surface area contributed by atoms with Gasteiger partial charge in [-0.1, -0.05) is 0 Å². The van der Waals surface area contributed by atoms with Crippen LogP contribution in [0.4, 0.5) is 5.69 Å². The van der Waals surface area contributed by atoms with Gasteiger partial charge >= 0.3 is 0 Å². The number of hydrogen-bond donors (Lipinski definition) is 1. The van der Waals surface area contributed by atoms with Crippen LogP contribution in [-0.4, -0.2) is 20.4 Å². The largest absolute Gasteiger partial charge is 0.383 e. The van der Waals surface area contributed by atoms with E-state index < -0.39 is 0 Å². The maximum absolute atomic E-state index is 6.16. The van der Waals surface area contributed by atoms with Gasteiger partial charge in [-0.15, -0.1) is 0 Å². The van der Waals surface area contributed by atoms with Crippen molar-refractivity contribution in [3.8, 4) is 5.69 Å². The minimum atomic E-state index is 0.470. The number of nitrogens with zero attached hydrogens (tertiary/aromatic N) is 4. The number of amidine groups is 1. The fourth-order valence-corrected chi connectivity index (χ4v) is 2.76. The van der Waals surface area contributed by atoms with Gasteiger partial charge in [-0.25, -0.2) is 9.98 Å². The Hall–Kier alpha value is -3.47. The fourth-order valence-electron chi connectivity index (χ4n) is 2.76. The molecule has 122 valence electrons. The topological polar surface area (TPSA) is 69.1 Å². The van der Waals surface area contributed by atoms with Crippen molar-refractivity contribution in [2.45, 2.75) is 6.92 Å². The van der Waals surface area contributed by atoms with E-state index in [2.05, 4.69) is 25.6 Å². The van der Waals surface area contributed by atoms with Crippen LogP contribution in [0.1, 0.15) is 11.3 Å². The number of rotatable bonds is 3. The average molecular weight is 327 g/mol. The highest BCUT2D eigenvalue weighted by Gasteiger charge is 2.05. The van der Waals surface area contributed by atoms with E-state index in [1.54, 1.807) is 12.4 Å². The average Bonchev–Trinajstić information content (AvgIpc) is 3.08. The van der Waals surface area contributed by atoms with Gasteiger partial charge in [0, 0.05) is 35.2 Å². The Kier molecular flexibility index (Phi) is 3.74. The van der Waals surface area contributed by atoms with E-state index in [4.69, 9.17) is 5.73 Å². The van der Waals surface area contributed by atoms with Crippen LogP contribution >= 0.6 is 0 Å². The molecule has 0 bridgehead atoms. The molecule has 0 spiro atoms. The molecule has 3 aromatic heterocycles. The third-order valence-electron chi connectivity index (χ3n) is 4.11. The third-order valence-corrected chi connectivity index (χ3v) is 4.11. The van der Waals surface area contributed by atoms with Gasteiger partial charge in [0.1, 0.15) is 11.5 Å². The maximum atomic E-state index is 6.16. The summed E-state index contributed by atoms with van der Waals surface area (Å²) in [6.07, 6.45) is 5.56. The molecule has 0 fully saturated rings. The molecule has 0 aliphatic carbocycles. The second-order valence-electron chi connectivity index (χ2n) is 5.75. The molecular formula is C20H17N5. The predicted octanol–water partition coefficient (Wildman–Crippen LogP) is 3.77. The van der Waals surface area contributed by atoms with Gasteiger partial charge in [0.15, 0.2) is 0 Å². The van der Waals surface area contributed by atoms with Crippen molar-refractivity contribution in [3.05, 3.63) is 84.4 Å². The Bertz CT molecular complexity index is 1060. The Morgan fingerprint density at radius 2 is 1.72 bits per heavy atom. The molecule has 0 unspecified atom stereocenters. The molecule has 4 aromatic rings. The first kappa shape index (κ1) is 15.1. The van der Waals surface area contributed by atoms with Crippen LogP contribution in [0, 0.1) is 6.92 Å². The summed E-state index contributed by atoms with van der Waals surface area (Å²) >= 11 is 0. The molecule has 0 atom stereocenters. The van der Waals surface area contributed by atoms with Crippen molar-refractivity contribution in [1.29, 1.82) is 0 Å². The zero-order valence-electron chi connectivity index (χ0n) is 13.8. The molecule has 5 nitrogen and oxygen atoms in total. The maximum Gasteiger partial charge on any atom is 0.144 e. The molecule has 5 heteroatoms. The molecule has 2 N–H and O–H groups in total. The van der Waals surface area contributed by atoms with Crippen LogP contribution in [0.25, 0.3) is 16.7 Å². The van der Waals surface area contributed by atoms with E-state index in [9.17, 15) is 0 Å². The SMILES string of the molecule is Cc1ncccc1/N=C(\N)c1ccc(-n2ccc3cccnc32)cc1. The van der Waals surface area contributed by atoms with Gasteiger partial charge < -0.3 is 10.3 Å². The highest BCUT2D eigenvalue weighted by Crippen LogP contribution is 2.20. The van der Waals surface area contributed by atoms with E-state index in [0.717, 1.165) is 33.7 Å². The zero-order valence-corrected chi connectivity index (χ0v) is 13.8. The van der Waals surface area contributed by atoms with Gasteiger partial charge in [0.05, 0.1) is 11.4 Å². The first-order valence-electron chi connectivity index (χ1n) is 8.01. The summed E-state index contributed by atoms with van der Waals surface area (Å²) < 4.78 is 2.05. The van der Waals surface area contributed by atoms with Gasteiger partial charge in [-0.05, 0) is 61.5 Å². The summed E-state index contributed by atoms with van der Waals surface area (Å²) in [5, 5.41) is 1.11. The standard InChI is InChI=1S/C20H17N5/c1-14-18(5-3-11-22-14)24-19(21)15-6-8-17(9-7-15)25-13-10-16-4-2-12-23-20(16)25/h2-13H,1H3,(H2,21,24). The smallest absolute Gasteiger partial charge is 0.144 e. The first-order valence-corrected chi connectivity index (χ1v) is 8.01. The molecule has 0 saturated carbocycles. The summed E-state index contributed by atoms with van der Waals surface area (Å²) in [4.78, 5) is 13.2. The number of nitrogens with two attached hydrogens (primary N) is 1. The van der Waals surface area contributed by atoms with E-state index in [-0.39, 0.29) is 0 Å². The van der Waals surface area contributed by atoms with Gasteiger partial charge in [-0.3, -0.25) is 4.98 Å². The summed E-state index contributed by atoms with van der Waals surface area (Å²) in [5.41, 5.74) is 10.6. The van der Waals surface area contributed by atoms with E-state index >= 15 is 0 Å². The predicted molar refractivity (Wildman–Crippen MR) is 100 cm³/mol. The van der Waals surface area contributed by atoms with Crippen molar-refractivity contribution >= 4 is 22.6 Å². The summed E-state index contributed by atoms with van der Waals surface area (Å²) in [6.45, 7) is 1.92. The molecule has 1 aromatic carbocycles. The highest BCUT2D eigenvalue weighted by molar-refractivity contribution is 5.99. The zero-order chi connectivity index (χ0) is 17.2. The number of benzene rings is 1. The third kappa shape index (κ3) is 2.87. The lowest BCUT2D eigenvalue weighted by Gasteiger charge is -2.07.